The molecule has 0 aromatic carbocycles. The minimum absolute atomic E-state index is 0.668. The van der Waals surface area contributed by atoms with Crippen LogP contribution in [0, 0.1) is 11.3 Å². The Morgan fingerprint density at radius 1 is 1.45 bits per heavy atom. The largest absolute Gasteiger partial charge is 0.399 e. The van der Waals surface area contributed by atoms with Gasteiger partial charge in [0.25, 0.3) is 0 Å². The van der Waals surface area contributed by atoms with E-state index in [4.69, 9.17) is 5.26 Å². The highest BCUT2D eigenvalue weighted by Crippen LogP contribution is 2.00. The van der Waals surface area contributed by atoms with Gasteiger partial charge in [-0.15, -0.1) is 0 Å². The van der Waals surface area contributed by atoms with Crippen molar-refractivity contribution in [1.29, 1.82) is 5.26 Å². The number of unbranched alkanes of at least 4 members (excludes halogenated alkanes) is 4. The van der Waals surface area contributed by atoms with Gasteiger partial charge in [0.15, 0.2) is 0 Å². The van der Waals surface area contributed by atoms with Crippen LogP contribution >= 0.6 is 0 Å². The highest BCUT2D eigenvalue weighted by atomic mass is 16.6. The molecule has 0 spiro atoms. The van der Waals surface area contributed by atoms with Crippen LogP contribution in [0.15, 0.2) is 5.16 Å². The fourth-order valence-corrected chi connectivity index (χ4v) is 0.744. The average molecular weight is 154 g/mol. The average Bonchev–Trinajstić information content (AvgIpc) is 2.03. The van der Waals surface area contributed by atoms with Crippen molar-refractivity contribution in [2.45, 2.75) is 32.1 Å². The van der Waals surface area contributed by atoms with Gasteiger partial charge in [0.1, 0.15) is 7.11 Å². The molecule has 0 rings (SSSR count). The molecular weight excluding hydrogens is 140 g/mol. The van der Waals surface area contributed by atoms with Gasteiger partial charge in [-0.25, -0.2) is 0 Å². The Morgan fingerprint density at radius 3 is 2.91 bits per heavy atom. The normalized spacial score (nSPS) is 9.82. The monoisotopic (exact) mass is 154 g/mol. The van der Waals surface area contributed by atoms with Crippen molar-refractivity contribution in [2.75, 3.05) is 7.11 Å². The molecule has 0 atom stereocenters. The minimum atomic E-state index is 0.668. The van der Waals surface area contributed by atoms with E-state index < -0.39 is 0 Å². The summed E-state index contributed by atoms with van der Waals surface area (Å²) in [6, 6.07) is 2.11. The van der Waals surface area contributed by atoms with Crippen molar-refractivity contribution in [3.63, 3.8) is 0 Å². The molecule has 0 aromatic rings. The molecule has 0 bridgehead atoms. The van der Waals surface area contributed by atoms with E-state index in [1.165, 1.54) is 7.11 Å². The second-order valence-corrected chi connectivity index (χ2v) is 2.23. The van der Waals surface area contributed by atoms with Crippen LogP contribution in [0.5, 0.6) is 0 Å². The standard InChI is InChI=1S/C8H14N2O/c1-11-10-8-6-4-2-3-5-7-9/h8H,2-6H2,1H3. The molecule has 0 saturated heterocycles. The number of rotatable bonds is 6. The summed E-state index contributed by atoms with van der Waals surface area (Å²) in [6.07, 6.45) is 6.56. The molecule has 0 N–H and O–H groups in total. The van der Waals surface area contributed by atoms with E-state index in [0.717, 1.165) is 25.7 Å². The summed E-state index contributed by atoms with van der Waals surface area (Å²) >= 11 is 0. The molecule has 11 heavy (non-hydrogen) atoms. The van der Waals surface area contributed by atoms with Gasteiger partial charge in [-0.1, -0.05) is 11.6 Å². The molecule has 0 unspecified atom stereocenters. The van der Waals surface area contributed by atoms with Gasteiger partial charge < -0.3 is 4.84 Å². The van der Waals surface area contributed by atoms with E-state index in [2.05, 4.69) is 16.1 Å². The van der Waals surface area contributed by atoms with Crippen LogP contribution < -0.4 is 0 Å². The Hall–Kier alpha value is -1.04. The smallest absolute Gasteiger partial charge is 0.106 e. The fraction of sp³-hybridized carbons (Fsp3) is 0.750. The number of hydrogen-bond donors (Lipinski definition) is 0. The predicted octanol–water partition coefficient (Wildman–Crippen LogP) is 2.09. The Morgan fingerprint density at radius 2 is 2.27 bits per heavy atom. The van der Waals surface area contributed by atoms with Gasteiger partial charge in [-0.2, -0.15) is 5.26 Å². The van der Waals surface area contributed by atoms with Crippen molar-refractivity contribution in [3.05, 3.63) is 0 Å². The summed E-state index contributed by atoms with van der Waals surface area (Å²) in [4.78, 5) is 4.49. The van der Waals surface area contributed by atoms with E-state index in [1.807, 2.05) is 0 Å². The zero-order valence-corrected chi connectivity index (χ0v) is 6.92. The molecule has 0 saturated carbocycles. The van der Waals surface area contributed by atoms with Crippen LogP contribution in [0.2, 0.25) is 0 Å². The number of oxime groups is 1. The van der Waals surface area contributed by atoms with Crippen LogP contribution in [0.4, 0.5) is 0 Å². The van der Waals surface area contributed by atoms with E-state index in [1.54, 1.807) is 6.21 Å². The summed E-state index contributed by atoms with van der Waals surface area (Å²) in [6.45, 7) is 0. The Bertz CT molecular complexity index is 138. The van der Waals surface area contributed by atoms with Gasteiger partial charge in [0, 0.05) is 12.6 Å². The van der Waals surface area contributed by atoms with Gasteiger partial charge >= 0.3 is 0 Å². The molecule has 0 fully saturated rings. The SMILES string of the molecule is CON=CCCCCCC#N. The third kappa shape index (κ3) is 8.96. The first-order valence-electron chi connectivity index (χ1n) is 3.83. The molecule has 0 radical (unpaired) electrons. The zero-order chi connectivity index (χ0) is 8.36. The maximum Gasteiger partial charge on any atom is 0.106 e. The Balaban J connectivity index is 2.91. The lowest BCUT2D eigenvalue weighted by Crippen LogP contribution is -1.79. The summed E-state index contributed by atoms with van der Waals surface area (Å²) in [5.41, 5.74) is 0. The summed E-state index contributed by atoms with van der Waals surface area (Å²) in [7, 11) is 1.53. The first-order chi connectivity index (χ1) is 5.41. The lowest BCUT2D eigenvalue weighted by atomic mass is 10.2. The maximum absolute atomic E-state index is 8.21. The highest BCUT2D eigenvalue weighted by molar-refractivity contribution is 5.55. The number of hydrogen-bond acceptors (Lipinski definition) is 3. The van der Waals surface area contributed by atoms with E-state index >= 15 is 0 Å². The van der Waals surface area contributed by atoms with Crippen molar-refractivity contribution < 1.29 is 4.84 Å². The van der Waals surface area contributed by atoms with E-state index in [0.29, 0.717) is 6.42 Å². The first-order valence-corrected chi connectivity index (χ1v) is 3.83. The van der Waals surface area contributed by atoms with Gasteiger partial charge in [0.05, 0.1) is 6.07 Å². The van der Waals surface area contributed by atoms with Crippen LogP contribution in [0.3, 0.4) is 0 Å². The Labute approximate surface area is 67.6 Å². The molecular formula is C8H14N2O. The van der Waals surface area contributed by atoms with Crippen LogP contribution in [0.1, 0.15) is 32.1 Å². The Kier molecular flexibility index (Phi) is 8.11. The molecule has 0 aromatic heterocycles. The molecule has 0 aliphatic heterocycles. The fourth-order valence-electron chi connectivity index (χ4n) is 0.744. The van der Waals surface area contributed by atoms with Gasteiger partial charge in [0.2, 0.25) is 0 Å². The van der Waals surface area contributed by atoms with Crippen LogP contribution in [0.25, 0.3) is 0 Å². The topological polar surface area (TPSA) is 45.4 Å². The third-order valence-electron chi connectivity index (χ3n) is 1.30. The lowest BCUT2D eigenvalue weighted by molar-refractivity contribution is 0.214. The minimum Gasteiger partial charge on any atom is -0.399 e. The summed E-state index contributed by atoms with van der Waals surface area (Å²) < 4.78 is 0. The van der Waals surface area contributed by atoms with E-state index in [-0.39, 0.29) is 0 Å². The molecule has 0 aliphatic carbocycles. The van der Waals surface area contributed by atoms with Crippen molar-refractivity contribution in [1.82, 2.24) is 0 Å². The zero-order valence-electron chi connectivity index (χ0n) is 6.92. The predicted molar refractivity (Wildman–Crippen MR) is 44.2 cm³/mol. The van der Waals surface area contributed by atoms with Crippen molar-refractivity contribution >= 4 is 6.21 Å². The number of nitriles is 1. The second kappa shape index (κ2) is 8.96. The summed E-state index contributed by atoms with van der Waals surface area (Å²) in [5.74, 6) is 0. The third-order valence-corrected chi connectivity index (χ3v) is 1.30. The van der Waals surface area contributed by atoms with Crippen LogP contribution in [-0.4, -0.2) is 13.3 Å². The van der Waals surface area contributed by atoms with Crippen molar-refractivity contribution in [2.24, 2.45) is 5.16 Å². The molecule has 0 heterocycles. The van der Waals surface area contributed by atoms with Gasteiger partial charge in [-0.3, -0.25) is 0 Å². The maximum atomic E-state index is 8.21. The molecule has 0 amide bonds. The molecule has 0 aliphatic rings. The van der Waals surface area contributed by atoms with Crippen LogP contribution in [-0.2, 0) is 4.84 Å². The quantitative estimate of drug-likeness (QED) is 0.334. The lowest BCUT2D eigenvalue weighted by Gasteiger charge is -1.91. The molecule has 3 nitrogen and oxygen atoms in total. The number of nitrogens with zero attached hydrogens (tertiary/aromatic N) is 2. The second-order valence-electron chi connectivity index (χ2n) is 2.23. The first kappa shape index (κ1) is 9.96. The molecule has 62 valence electrons. The summed E-state index contributed by atoms with van der Waals surface area (Å²) in [5, 5.41) is 11.8. The molecule has 3 heteroatoms. The van der Waals surface area contributed by atoms with E-state index in [9.17, 15) is 0 Å². The van der Waals surface area contributed by atoms with Crippen molar-refractivity contribution in [3.8, 4) is 6.07 Å². The highest BCUT2D eigenvalue weighted by Gasteiger charge is 1.86. The van der Waals surface area contributed by atoms with Gasteiger partial charge in [-0.05, 0) is 19.3 Å².